The number of hydrogen-bond donors (Lipinski definition) is 0. The maximum absolute atomic E-state index is 5.86. The van der Waals surface area contributed by atoms with E-state index in [1.807, 2.05) is 24.3 Å². The van der Waals surface area contributed by atoms with E-state index in [-0.39, 0.29) is 0 Å². The van der Waals surface area contributed by atoms with Crippen molar-refractivity contribution >= 4 is 0 Å². The minimum atomic E-state index is 0.617. The lowest BCUT2D eigenvalue weighted by molar-refractivity contribution is 0.253. The van der Waals surface area contributed by atoms with Crippen molar-refractivity contribution in [3.8, 4) is 17.2 Å². The molecule has 24 heavy (non-hydrogen) atoms. The SMILES string of the molecule is COc1cccc(OC)c1OCCCCN(C)Cc1ncccn1. The highest BCUT2D eigenvalue weighted by Gasteiger charge is 2.11. The van der Waals surface area contributed by atoms with Gasteiger partial charge in [0.15, 0.2) is 11.5 Å². The smallest absolute Gasteiger partial charge is 0.203 e. The van der Waals surface area contributed by atoms with Gasteiger partial charge < -0.3 is 14.2 Å². The van der Waals surface area contributed by atoms with E-state index in [1.165, 1.54) is 0 Å². The van der Waals surface area contributed by atoms with Gasteiger partial charge in [0, 0.05) is 12.4 Å². The zero-order chi connectivity index (χ0) is 17.2. The summed E-state index contributed by atoms with van der Waals surface area (Å²) in [7, 11) is 5.32. The van der Waals surface area contributed by atoms with E-state index < -0.39 is 0 Å². The van der Waals surface area contributed by atoms with Crippen molar-refractivity contribution in [2.75, 3.05) is 34.4 Å². The molecule has 0 aliphatic rings. The van der Waals surface area contributed by atoms with E-state index in [9.17, 15) is 0 Å². The highest BCUT2D eigenvalue weighted by atomic mass is 16.5. The topological polar surface area (TPSA) is 56.7 Å². The summed E-state index contributed by atoms with van der Waals surface area (Å²) in [6.45, 7) is 2.33. The molecule has 0 unspecified atom stereocenters. The highest BCUT2D eigenvalue weighted by molar-refractivity contribution is 5.51. The molecule has 1 aromatic heterocycles. The number of aromatic nitrogens is 2. The summed E-state index contributed by atoms with van der Waals surface area (Å²) >= 11 is 0. The van der Waals surface area contributed by atoms with Gasteiger partial charge in [-0.3, -0.25) is 4.90 Å². The number of para-hydroxylation sites is 1. The third-order valence-electron chi connectivity index (χ3n) is 3.59. The monoisotopic (exact) mass is 331 g/mol. The Balaban J connectivity index is 1.72. The number of hydrogen-bond acceptors (Lipinski definition) is 6. The molecule has 0 N–H and O–H groups in total. The molecule has 0 aliphatic heterocycles. The van der Waals surface area contributed by atoms with Gasteiger partial charge in [-0.05, 0) is 44.6 Å². The van der Waals surface area contributed by atoms with Crippen LogP contribution in [0.4, 0.5) is 0 Å². The van der Waals surface area contributed by atoms with E-state index in [0.717, 1.165) is 31.8 Å². The van der Waals surface area contributed by atoms with Crippen molar-refractivity contribution in [2.45, 2.75) is 19.4 Å². The molecule has 1 aromatic carbocycles. The van der Waals surface area contributed by atoms with Gasteiger partial charge in [-0.1, -0.05) is 6.07 Å². The van der Waals surface area contributed by atoms with Crippen molar-refractivity contribution < 1.29 is 14.2 Å². The normalized spacial score (nSPS) is 10.7. The summed E-state index contributed by atoms with van der Waals surface area (Å²) in [4.78, 5) is 10.7. The zero-order valence-electron chi connectivity index (χ0n) is 14.6. The fourth-order valence-electron chi connectivity index (χ4n) is 2.35. The van der Waals surface area contributed by atoms with Crippen LogP contribution in [0.15, 0.2) is 36.7 Å². The van der Waals surface area contributed by atoms with Crippen LogP contribution in [0.5, 0.6) is 17.2 Å². The van der Waals surface area contributed by atoms with Gasteiger partial charge in [0.25, 0.3) is 0 Å². The molecule has 0 saturated carbocycles. The van der Waals surface area contributed by atoms with Crippen LogP contribution in [0.3, 0.4) is 0 Å². The molecule has 6 heteroatoms. The molecule has 0 spiro atoms. The Labute approximate surface area is 143 Å². The number of rotatable bonds is 10. The average molecular weight is 331 g/mol. The Hall–Kier alpha value is -2.34. The first-order chi connectivity index (χ1) is 11.7. The Morgan fingerprint density at radius 3 is 2.25 bits per heavy atom. The second kappa shape index (κ2) is 9.72. The molecule has 2 aromatic rings. The summed E-state index contributed by atoms with van der Waals surface area (Å²) in [5, 5.41) is 0. The Morgan fingerprint density at radius 2 is 1.62 bits per heavy atom. The third-order valence-corrected chi connectivity index (χ3v) is 3.59. The van der Waals surface area contributed by atoms with Crippen molar-refractivity contribution in [3.05, 3.63) is 42.5 Å². The molecule has 0 fully saturated rings. The molecular formula is C18H25N3O3. The van der Waals surface area contributed by atoms with E-state index >= 15 is 0 Å². The van der Waals surface area contributed by atoms with Crippen LogP contribution < -0.4 is 14.2 Å². The highest BCUT2D eigenvalue weighted by Crippen LogP contribution is 2.36. The maximum atomic E-state index is 5.86. The van der Waals surface area contributed by atoms with Gasteiger partial charge in [0.2, 0.25) is 5.75 Å². The van der Waals surface area contributed by atoms with Crippen molar-refractivity contribution in [1.82, 2.24) is 14.9 Å². The van der Waals surface area contributed by atoms with Crippen LogP contribution in [-0.4, -0.2) is 49.3 Å². The molecule has 130 valence electrons. The summed E-state index contributed by atoms with van der Waals surface area (Å²) in [6.07, 6.45) is 5.51. The van der Waals surface area contributed by atoms with Crippen LogP contribution in [0.1, 0.15) is 18.7 Å². The summed E-state index contributed by atoms with van der Waals surface area (Å²) < 4.78 is 16.5. The lowest BCUT2D eigenvalue weighted by Crippen LogP contribution is -2.21. The number of ether oxygens (including phenoxy) is 3. The minimum absolute atomic E-state index is 0.617. The van der Waals surface area contributed by atoms with Gasteiger partial charge in [-0.2, -0.15) is 0 Å². The maximum Gasteiger partial charge on any atom is 0.203 e. The van der Waals surface area contributed by atoms with Crippen molar-refractivity contribution in [2.24, 2.45) is 0 Å². The molecule has 1 heterocycles. The van der Waals surface area contributed by atoms with Gasteiger partial charge in [-0.25, -0.2) is 9.97 Å². The Morgan fingerprint density at radius 1 is 0.958 bits per heavy atom. The molecule has 0 bridgehead atoms. The number of methoxy groups -OCH3 is 2. The van der Waals surface area contributed by atoms with Crippen LogP contribution in [0.25, 0.3) is 0 Å². The van der Waals surface area contributed by atoms with E-state index in [4.69, 9.17) is 14.2 Å². The minimum Gasteiger partial charge on any atom is -0.493 e. The largest absolute Gasteiger partial charge is 0.493 e. The standard InChI is InChI=1S/C18H25N3O3/c1-21(14-17-19-10-7-11-20-17)12-4-5-13-24-18-15(22-2)8-6-9-16(18)23-3/h6-11H,4-5,12-14H2,1-3H3. The predicted molar refractivity (Wildman–Crippen MR) is 92.6 cm³/mol. The summed E-state index contributed by atoms with van der Waals surface area (Å²) in [5.74, 6) is 2.88. The van der Waals surface area contributed by atoms with Crippen LogP contribution in [0.2, 0.25) is 0 Å². The second-order valence-electron chi connectivity index (χ2n) is 5.45. The fourth-order valence-corrected chi connectivity index (χ4v) is 2.35. The van der Waals surface area contributed by atoms with Crippen molar-refractivity contribution in [1.29, 1.82) is 0 Å². The molecule has 6 nitrogen and oxygen atoms in total. The molecule has 0 radical (unpaired) electrons. The lowest BCUT2D eigenvalue weighted by Gasteiger charge is -2.16. The Bertz CT molecular complexity index is 585. The molecule has 0 atom stereocenters. The molecule has 0 amide bonds. The first-order valence-electron chi connectivity index (χ1n) is 8.03. The first-order valence-corrected chi connectivity index (χ1v) is 8.03. The van der Waals surface area contributed by atoms with Crippen LogP contribution in [-0.2, 0) is 6.54 Å². The van der Waals surface area contributed by atoms with Crippen molar-refractivity contribution in [3.63, 3.8) is 0 Å². The second-order valence-corrected chi connectivity index (χ2v) is 5.45. The lowest BCUT2D eigenvalue weighted by atomic mass is 10.3. The molecule has 0 aliphatic carbocycles. The van der Waals surface area contributed by atoms with Gasteiger partial charge in [-0.15, -0.1) is 0 Å². The molecular weight excluding hydrogens is 306 g/mol. The number of benzene rings is 1. The molecule has 2 rings (SSSR count). The van der Waals surface area contributed by atoms with E-state index in [2.05, 4.69) is 21.9 Å². The predicted octanol–water partition coefficient (Wildman–Crippen LogP) is 2.78. The van der Waals surface area contributed by atoms with E-state index in [1.54, 1.807) is 26.6 Å². The summed E-state index contributed by atoms with van der Waals surface area (Å²) in [6, 6.07) is 7.44. The van der Waals surface area contributed by atoms with Crippen LogP contribution in [0, 0.1) is 0 Å². The van der Waals surface area contributed by atoms with Gasteiger partial charge in [0.1, 0.15) is 5.82 Å². The quantitative estimate of drug-likeness (QED) is 0.624. The van der Waals surface area contributed by atoms with Gasteiger partial charge >= 0.3 is 0 Å². The van der Waals surface area contributed by atoms with Gasteiger partial charge in [0.05, 0.1) is 27.4 Å². The fraction of sp³-hybridized carbons (Fsp3) is 0.444. The zero-order valence-corrected chi connectivity index (χ0v) is 14.6. The number of unbranched alkanes of at least 4 members (excludes halogenated alkanes) is 1. The summed E-state index contributed by atoms with van der Waals surface area (Å²) in [5.41, 5.74) is 0. The number of nitrogens with zero attached hydrogens (tertiary/aromatic N) is 3. The van der Waals surface area contributed by atoms with E-state index in [0.29, 0.717) is 23.9 Å². The first kappa shape index (κ1) is 18.0. The Kier molecular flexibility index (Phi) is 7.29. The average Bonchev–Trinajstić information content (AvgIpc) is 2.62. The third kappa shape index (κ3) is 5.38. The van der Waals surface area contributed by atoms with Crippen LogP contribution >= 0.6 is 0 Å². The molecule has 0 saturated heterocycles.